The zero-order valence-electron chi connectivity index (χ0n) is 12.9. The van der Waals surface area contributed by atoms with E-state index in [2.05, 4.69) is 26.3 Å². The highest BCUT2D eigenvalue weighted by Crippen LogP contribution is 2.15. The standard InChI is InChI=1S/C16H18BrN3O3/c1-3-10(2)14(16(22)23)18-15(21)13-7-8-20(19-13)12-6-4-5-11(17)9-12/h4-10,14H,3H2,1-2H3,(H,18,21)(H,22,23). The Kier molecular flexibility index (Phi) is 5.54. The number of carboxylic acid groups (broad SMARTS) is 1. The molecule has 1 amide bonds. The molecule has 122 valence electrons. The lowest BCUT2D eigenvalue weighted by atomic mass is 9.99. The molecule has 23 heavy (non-hydrogen) atoms. The fourth-order valence-electron chi connectivity index (χ4n) is 2.11. The monoisotopic (exact) mass is 379 g/mol. The molecular formula is C16H18BrN3O3. The predicted octanol–water partition coefficient (Wildman–Crippen LogP) is 2.86. The smallest absolute Gasteiger partial charge is 0.326 e. The molecule has 1 aromatic carbocycles. The number of hydrogen-bond acceptors (Lipinski definition) is 3. The SMILES string of the molecule is CCC(C)C(NC(=O)c1ccn(-c2cccc(Br)c2)n1)C(=O)O. The minimum Gasteiger partial charge on any atom is -0.480 e. The number of halogens is 1. The Morgan fingerprint density at radius 1 is 1.39 bits per heavy atom. The number of rotatable bonds is 6. The van der Waals surface area contributed by atoms with Crippen LogP contribution in [-0.4, -0.2) is 32.8 Å². The topological polar surface area (TPSA) is 84.2 Å². The molecular weight excluding hydrogens is 362 g/mol. The van der Waals surface area contributed by atoms with Gasteiger partial charge in [0.15, 0.2) is 5.69 Å². The van der Waals surface area contributed by atoms with Crippen molar-refractivity contribution in [2.75, 3.05) is 0 Å². The Labute approximate surface area is 142 Å². The van der Waals surface area contributed by atoms with E-state index in [-0.39, 0.29) is 11.6 Å². The van der Waals surface area contributed by atoms with E-state index in [1.807, 2.05) is 31.2 Å². The van der Waals surface area contributed by atoms with Gasteiger partial charge in [0.2, 0.25) is 0 Å². The van der Waals surface area contributed by atoms with Crippen molar-refractivity contribution in [2.24, 2.45) is 5.92 Å². The summed E-state index contributed by atoms with van der Waals surface area (Å²) in [5.74, 6) is -1.70. The van der Waals surface area contributed by atoms with E-state index in [9.17, 15) is 14.7 Å². The second kappa shape index (κ2) is 7.41. The van der Waals surface area contributed by atoms with Crippen molar-refractivity contribution >= 4 is 27.8 Å². The van der Waals surface area contributed by atoms with E-state index in [4.69, 9.17) is 0 Å². The Morgan fingerprint density at radius 2 is 2.13 bits per heavy atom. The Hall–Kier alpha value is -2.15. The summed E-state index contributed by atoms with van der Waals surface area (Å²) < 4.78 is 2.47. The Bertz CT molecular complexity index is 714. The largest absolute Gasteiger partial charge is 0.480 e. The normalized spacial score (nSPS) is 13.3. The number of nitrogens with one attached hydrogen (secondary N) is 1. The Morgan fingerprint density at radius 3 is 2.74 bits per heavy atom. The van der Waals surface area contributed by atoms with Gasteiger partial charge in [0.05, 0.1) is 5.69 Å². The van der Waals surface area contributed by atoms with Crippen LogP contribution in [0.25, 0.3) is 5.69 Å². The van der Waals surface area contributed by atoms with Crippen molar-refractivity contribution in [3.8, 4) is 5.69 Å². The van der Waals surface area contributed by atoms with Gasteiger partial charge in [0.25, 0.3) is 5.91 Å². The lowest BCUT2D eigenvalue weighted by molar-refractivity contribution is -0.140. The van der Waals surface area contributed by atoms with E-state index in [1.54, 1.807) is 23.9 Å². The molecule has 0 bridgehead atoms. The third-order valence-electron chi connectivity index (χ3n) is 3.66. The van der Waals surface area contributed by atoms with Crippen molar-refractivity contribution in [2.45, 2.75) is 26.3 Å². The maximum absolute atomic E-state index is 12.2. The summed E-state index contributed by atoms with van der Waals surface area (Å²) in [5.41, 5.74) is 0.981. The number of carbonyl (C=O) groups is 2. The predicted molar refractivity (Wildman–Crippen MR) is 89.6 cm³/mol. The number of aliphatic carboxylic acids is 1. The zero-order chi connectivity index (χ0) is 17.0. The van der Waals surface area contributed by atoms with Crippen LogP contribution < -0.4 is 5.32 Å². The van der Waals surface area contributed by atoms with Crippen molar-refractivity contribution in [3.63, 3.8) is 0 Å². The fraction of sp³-hybridized carbons (Fsp3) is 0.312. The molecule has 0 aliphatic rings. The summed E-state index contributed by atoms with van der Waals surface area (Å²) >= 11 is 3.38. The van der Waals surface area contributed by atoms with E-state index in [0.717, 1.165) is 10.2 Å². The van der Waals surface area contributed by atoms with Crippen LogP contribution in [0.4, 0.5) is 0 Å². The number of amides is 1. The lowest BCUT2D eigenvalue weighted by Crippen LogP contribution is -2.45. The highest BCUT2D eigenvalue weighted by Gasteiger charge is 2.26. The molecule has 6 nitrogen and oxygen atoms in total. The summed E-state index contributed by atoms with van der Waals surface area (Å²) in [5, 5.41) is 16.0. The van der Waals surface area contributed by atoms with Gasteiger partial charge in [0.1, 0.15) is 6.04 Å². The number of nitrogens with zero attached hydrogens (tertiary/aromatic N) is 2. The number of carbonyl (C=O) groups excluding carboxylic acids is 1. The molecule has 0 fully saturated rings. The highest BCUT2D eigenvalue weighted by molar-refractivity contribution is 9.10. The molecule has 0 aliphatic heterocycles. The van der Waals surface area contributed by atoms with Crippen molar-refractivity contribution in [1.29, 1.82) is 0 Å². The van der Waals surface area contributed by atoms with Crippen molar-refractivity contribution < 1.29 is 14.7 Å². The van der Waals surface area contributed by atoms with Gasteiger partial charge in [0, 0.05) is 10.7 Å². The molecule has 0 radical (unpaired) electrons. The van der Waals surface area contributed by atoms with Crippen LogP contribution in [0, 0.1) is 5.92 Å². The first kappa shape index (κ1) is 17.2. The van der Waals surface area contributed by atoms with Crippen LogP contribution in [0.15, 0.2) is 41.0 Å². The van der Waals surface area contributed by atoms with Crippen LogP contribution in [0.2, 0.25) is 0 Å². The molecule has 7 heteroatoms. The summed E-state index contributed by atoms with van der Waals surface area (Å²) in [6.45, 7) is 3.67. The number of hydrogen-bond donors (Lipinski definition) is 2. The van der Waals surface area contributed by atoms with Crippen LogP contribution in [0.1, 0.15) is 30.8 Å². The van der Waals surface area contributed by atoms with Gasteiger partial charge in [-0.2, -0.15) is 5.10 Å². The van der Waals surface area contributed by atoms with E-state index in [0.29, 0.717) is 6.42 Å². The number of benzene rings is 1. The minimum absolute atomic E-state index is 0.163. The summed E-state index contributed by atoms with van der Waals surface area (Å²) in [6, 6.07) is 8.12. The van der Waals surface area contributed by atoms with E-state index in [1.165, 1.54) is 0 Å². The van der Waals surface area contributed by atoms with Gasteiger partial charge in [-0.15, -0.1) is 0 Å². The average molecular weight is 380 g/mol. The first-order valence-electron chi connectivity index (χ1n) is 7.27. The summed E-state index contributed by atoms with van der Waals surface area (Å²) in [6.07, 6.45) is 2.32. The first-order valence-corrected chi connectivity index (χ1v) is 8.07. The quantitative estimate of drug-likeness (QED) is 0.807. The van der Waals surface area contributed by atoms with Gasteiger partial charge >= 0.3 is 5.97 Å². The van der Waals surface area contributed by atoms with Crippen molar-refractivity contribution in [3.05, 3.63) is 46.7 Å². The highest BCUT2D eigenvalue weighted by atomic mass is 79.9. The number of aromatic nitrogens is 2. The summed E-state index contributed by atoms with van der Waals surface area (Å²) in [4.78, 5) is 23.5. The third-order valence-corrected chi connectivity index (χ3v) is 4.15. The molecule has 2 aromatic rings. The van der Waals surface area contributed by atoms with E-state index < -0.39 is 17.9 Å². The van der Waals surface area contributed by atoms with Crippen LogP contribution in [-0.2, 0) is 4.79 Å². The van der Waals surface area contributed by atoms with Crippen LogP contribution >= 0.6 is 15.9 Å². The van der Waals surface area contributed by atoms with Crippen LogP contribution in [0.5, 0.6) is 0 Å². The molecule has 0 saturated carbocycles. The first-order chi connectivity index (χ1) is 10.9. The van der Waals surface area contributed by atoms with Gasteiger partial charge in [-0.3, -0.25) is 4.79 Å². The van der Waals surface area contributed by atoms with Gasteiger partial charge in [-0.05, 0) is 30.2 Å². The fourth-order valence-corrected chi connectivity index (χ4v) is 2.49. The van der Waals surface area contributed by atoms with E-state index >= 15 is 0 Å². The molecule has 2 unspecified atom stereocenters. The molecule has 2 atom stereocenters. The Balaban J connectivity index is 2.16. The van der Waals surface area contributed by atoms with Crippen LogP contribution in [0.3, 0.4) is 0 Å². The average Bonchev–Trinajstić information content (AvgIpc) is 3.01. The van der Waals surface area contributed by atoms with Gasteiger partial charge in [-0.25, -0.2) is 9.48 Å². The third kappa shape index (κ3) is 4.19. The molecule has 0 saturated heterocycles. The zero-order valence-corrected chi connectivity index (χ0v) is 14.4. The van der Waals surface area contributed by atoms with Crippen molar-refractivity contribution in [1.82, 2.24) is 15.1 Å². The van der Waals surface area contributed by atoms with Gasteiger partial charge in [-0.1, -0.05) is 42.3 Å². The maximum Gasteiger partial charge on any atom is 0.326 e. The minimum atomic E-state index is -1.04. The lowest BCUT2D eigenvalue weighted by Gasteiger charge is -2.19. The second-order valence-electron chi connectivity index (χ2n) is 5.30. The molecule has 1 aromatic heterocycles. The second-order valence-corrected chi connectivity index (χ2v) is 6.22. The summed E-state index contributed by atoms with van der Waals surface area (Å²) in [7, 11) is 0. The molecule has 0 aliphatic carbocycles. The maximum atomic E-state index is 12.2. The molecule has 0 spiro atoms. The molecule has 1 heterocycles. The molecule has 2 rings (SSSR count). The molecule has 2 N–H and O–H groups in total. The van der Waals surface area contributed by atoms with Gasteiger partial charge < -0.3 is 10.4 Å². The number of carboxylic acids is 1.